The third-order valence-corrected chi connectivity index (χ3v) is 7.59. The van der Waals surface area contributed by atoms with E-state index >= 15 is 0 Å². The summed E-state index contributed by atoms with van der Waals surface area (Å²) in [5.41, 5.74) is 0. The summed E-state index contributed by atoms with van der Waals surface area (Å²) in [4.78, 5) is 111. The van der Waals surface area contributed by atoms with Crippen molar-refractivity contribution in [3.05, 3.63) is 0 Å². The van der Waals surface area contributed by atoms with Crippen LogP contribution in [0.4, 0.5) is 0 Å². The van der Waals surface area contributed by atoms with Crippen molar-refractivity contribution in [2.75, 3.05) is 7.11 Å². The summed E-state index contributed by atoms with van der Waals surface area (Å²) in [6, 6.07) is 0. The van der Waals surface area contributed by atoms with Gasteiger partial charge in [0.15, 0.2) is 12.2 Å². The van der Waals surface area contributed by atoms with Gasteiger partial charge in [-0.2, -0.15) is 4.57 Å². The highest BCUT2D eigenvalue weighted by molar-refractivity contribution is 7.48. The van der Waals surface area contributed by atoms with Gasteiger partial charge in [-0.25, -0.2) is 22.8 Å². The van der Waals surface area contributed by atoms with Crippen LogP contribution in [0.25, 0.3) is 0 Å². The standard InChI is InChI=1S/C7H20O24P6/c1-31(37(23,24)25)7-5(29-35(17,18)19)3(27-33(11,12)13)2(26-32(8,9)10)4(28-34(14,15)16)6(7)30-36(20,21)22/h2-7H,1H3,(H11-,8,9,10,11,12,13,14,15,16,17,18,19,20,21,22,23,24,25)/p+1/t2?,3-,4?,5?,6+,7?/m1/s1. The van der Waals surface area contributed by atoms with Crippen LogP contribution in [0.1, 0.15) is 0 Å². The summed E-state index contributed by atoms with van der Waals surface area (Å²) in [7, 11) is -35.6. The van der Waals surface area contributed by atoms with E-state index in [-0.39, 0.29) is 7.11 Å². The summed E-state index contributed by atoms with van der Waals surface area (Å²) >= 11 is 0. The Hall–Kier alpha value is 0.660. The van der Waals surface area contributed by atoms with Crippen LogP contribution in [0.3, 0.4) is 0 Å². The molecule has 0 aromatic carbocycles. The third kappa shape index (κ3) is 12.4. The highest BCUT2D eigenvalue weighted by Crippen LogP contribution is 2.59. The minimum absolute atomic E-state index is 0.269. The summed E-state index contributed by atoms with van der Waals surface area (Å²) < 4.78 is 91.3. The van der Waals surface area contributed by atoms with Crippen LogP contribution in [0.15, 0.2) is 0 Å². The topological polar surface area (TPSA) is 394 Å². The lowest BCUT2D eigenvalue weighted by Gasteiger charge is -2.48. The largest absolute Gasteiger partial charge is 0.631 e. The molecule has 0 saturated heterocycles. The molecule has 0 aliphatic heterocycles. The van der Waals surface area contributed by atoms with E-state index in [1.165, 1.54) is 0 Å². The van der Waals surface area contributed by atoms with Crippen LogP contribution in [0.2, 0.25) is 0 Å². The maximum atomic E-state index is 11.9. The van der Waals surface area contributed by atoms with Crippen molar-refractivity contribution >= 4 is 46.9 Å². The summed E-state index contributed by atoms with van der Waals surface area (Å²) in [6.07, 6.45) is -18.3. The fourth-order valence-electron chi connectivity index (χ4n) is 3.06. The van der Waals surface area contributed by atoms with E-state index in [1.807, 2.05) is 0 Å². The highest BCUT2D eigenvalue weighted by Gasteiger charge is 2.66. The van der Waals surface area contributed by atoms with E-state index in [0.29, 0.717) is 0 Å². The van der Waals surface area contributed by atoms with E-state index in [9.17, 15) is 86.1 Å². The van der Waals surface area contributed by atoms with Crippen LogP contribution in [0, 0.1) is 0 Å². The maximum absolute atomic E-state index is 11.9. The van der Waals surface area contributed by atoms with Crippen LogP contribution in [-0.4, -0.2) is 102 Å². The molecule has 4 unspecified atom stereocenters. The van der Waals surface area contributed by atoms with Crippen LogP contribution in [-0.2, 0) is 54.2 Å². The lowest BCUT2D eigenvalue weighted by molar-refractivity contribution is -0.241. The van der Waals surface area contributed by atoms with Gasteiger partial charge in [-0.05, 0) is 0 Å². The first kappa shape index (κ1) is 35.7. The van der Waals surface area contributed by atoms with Gasteiger partial charge in [0.1, 0.15) is 25.4 Å². The number of phosphoric acid groups is 5. The van der Waals surface area contributed by atoms with Crippen molar-refractivity contribution in [2.45, 2.75) is 36.6 Å². The molecule has 0 spiro atoms. The maximum Gasteiger partial charge on any atom is 0.631 e. The molecule has 0 radical (unpaired) electrons. The Bertz CT molecular complexity index is 1020. The Morgan fingerprint density at radius 2 is 0.622 bits per heavy atom. The molecule has 0 heterocycles. The van der Waals surface area contributed by atoms with Gasteiger partial charge in [-0.3, -0.25) is 32.4 Å². The molecule has 30 heteroatoms. The Morgan fingerprint density at radius 1 is 0.432 bits per heavy atom. The first-order valence-electron chi connectivity index (χ1n) is 8.41. The average molecular weight is 675 g/mol. The summed E-state index contributed by atoms with van der Waals surface area (Å²) in [6.45, 7) is 0. The predicted octanol–water partition coefficient (Wildman–Crippen LogP) is -2.97. The molecule has 6 atom stereocenters. The van der Waals surface area contributed by atoms with E-state index in [1.54, 1.807) is 0 Å². The van der Waals surface area contributed by atoms with Gasteiger partial charge in [0.05, 0.1) is 0 Å². The molecular weight excluding hydrogens is 654 g/mol. The molecule has 0 amide bonds. The van der Waals surface area contributed by atoms with Crippen molar-refractivity contribution in [3.63, 3.8) is 0 Å². The van der Waals surface area contributed by atoms with Gasteiger partial charge < -0.3 is 53.1 Å². The van der Waals surface area contributed by atoms with Crippen molar-refractivity contribution in [2.24, 2.45) is 0 Å². The van der Waals surface area contributed by atoms with E-state index < -0.39 is 83.6 Å². The van der Waals surface area contributed by atoms with E-state index in [2.05, 4.69) is 22.6 Å². The van der Waals surface area contributed by atoms with Gasteiger partial charge >= 0.3 is 46.9 Å². The molecule has 0 aromatic rings. The Kier molecular flexibility index (Phi) is 11.5. The fourth-order valence-corrected chi connectivity index (χ4v) is 6.40. The second-order valence-corrected chi connectivity index (χ2v) is 14.3. The zero-order chi connectivity index (χ0) is 29.6. The lowest BCUT2D eigenvalue weighted by atomic mass is 9.85. The van der Waals surface area contributed by atoms with Gasteiger partial charge in [0.25, 0.3) is 0 Å². The molecule has 1 saturated carbocycles. The fraction of sp³-hybridized carbons (Fsp3) is 1.00. The van der Waals surface area contributed by atoms with Gasteiger partial charge in [0.2, 0.25) is 6.10 Å². The molecule has 12 N–H and O–H groups in total. The molecule has 37 heavy (non-hydrogen) atoms. The molecule has 1 fully saturated rings. The van der Waals surface area contributed by atoms with Crippen molar-refractivity contribution < 1.29 is 113 Å². The monoisotopic (exact) mass is 675 g/mol. The van der Waals surface area contributed by atoms with E-state index in [4.69, 9.17) is 0 Å². The first-order chi connectivity index (χ1) is 16.0. The number of hydrogen-bond acceptors (Lipinski definition) is 11. The number of rotatable bonds is 12. The predicted molar refractivity (Wildman–Crippen MR) is 107 cm³/mol. The molecule has 24 nitrogen and oxygen atoms in total. The van der Waals surface area contributed by atoms with Crippen LogP contribution >= 0.6 is 46.9 Å². The van der Waals surface area contributed by atoms with Crippen molar-refractivity contribution in [3.8, 4) is 0 Å². The minimum atomic E-state index is -6.01. The number of hydrogen-bond donors (Lipinski definition) is 12. The molecule has 222 valence electrons. The Morgan fingerprint density at radius 3 is 0.811 bits per heavy atom. The van der Waals surface area contributed by atoms with Gasteiger partial charge in [0, 0.05) is 0 Å². The third-order valence-electron chi connectivity index (χ3n) is 4.01. The molecular formula is C7H21O24P6+. The molecule has 1 aliphatic rings. The van der Waals surface area contributed by atoms with Gasteiger partial charge in [-0.1, -0.05) is 0 Å². The molecule has 0 aromatic heterocycles. The summed E-state index contributed by atoms with van der Waals surface area (Å²) in [5.74, 6) is 0. The van der Waals surface area contributed by atoms with Crippen molar-refractivity contribution in [1.29, 1.82) is 0 Å². The summed E-state index contributed by atoms with van der Waals surface area (Å²) in [5, 5.41) is 0. The minimum Gasteiger partial charge on any atom is -0.341 e. The Labute approximate surface area is 204 Å². The highest BCUT2D eigenvalue weighted by atomic mass is 31.2. The Balaban J connectivity index is 4.15. The lowest BCUT2D eigenvalue weighted by Crippen LogP contribution is -2.67. The normalized spacial score (nSPS) is 29.0. The quantitative estimate of drug-likeness (QED) is 0.0725. The first-order valence-corrected chi connectivity index (χ1v) is 17.6. The second kappa shape index (κ2) is 11.9. The van der Waals surface area contributed by atoms with E-state index in [0.717, 1.165) is 4.15 Å². The molecule has 1 rings (SSSR count). The van der Waals surface area contributed by atoms with Crippen molar-refractivity contribution in [1.82, 2.24) is 0 Å². The van der Waals surface area contributed by atoms with Gasteiger partial charge in [-0.15, -0.1) is 0 Å². The number of phosphoric ester groups is 5. The SMILES string of the molecule is C[O+](C1C(OP(=O)(O)O)[C@H](OP(=O)(O)O)C(OP(=O)(O)O)C(OP(=O)(O)O)[C@@H]1OP(=O)(O)O)P(=O)(O)O. The van der Waals surface area contributed by atoms with Crippen LogP contribution in [0.5, 0.6) is 0 Å². The molecule has 0 bridgehead atoms. The van der Waals surface area contributed by atoms with Crippen LogP contribution < -0.4 is 0 Å². The smallest absolute Gasteiger partial charge is 0.341 e. The zero-order valence-electron chi connectivity index (χ0n) is 17.4. The molecule has 1 aliphatic carbocycles. The second-order valence-electron chi connectivity index (χ2n) is 6.78. The average Bonchev–Trinajstić information content (AvgIpc) is 2.54. The zero-order valence-corrected chi connectivity index (χ0v) is 22.8.